The molecule has 0 radical (unpaired) electrons. The number of pyridine rings is 1. The summed E-state index contributed by atoms with van der Waals surface area (Å²) in [4.78, 5) is 4.17. The standard InChI is InChI=1S/C12H15N3O5S2/c1-8-2-4-10-9(3-5-11(16)12(10)15-8)6-22(19,20)14-7-21(13,17)18/h2-5,14,16H,6-7H2,1H3,(H2,13,17,18). The second-order valence-electron chi connectivity index (χ2n) is 4.80. The molecule has 1 aromatic heterocycles. The molecular weight excluding hydrogens is 330 g/mol. The molecule has 0 atom stereocenters. The summed E-state index contributed by atoms with van der Waals surface area (Å²) in [5.74, 6) is -1.38. The molecule has 4 N–H and O–H groups in total. The van der Waals surface area contributed by atoms with Gasteiger partial charge in [0.1, 0.15) is 17.1 Å². The van der Waals surface area contributed by atoms with Crippen molar-refractivity contribution in [2.45, 2.75) is 12.7 Å². The van der Waals surface area contributed by atoms with Crippen LogP contribution in [0.25, 0.3) is 10.9 Å². The highest BCUT2D eigenvalue weighted by molar-refractivity contribution is 7.92. The normalized spacial score (nSPS) is 12.6. The quantitative estimate of drug-likeness (QED) is 0.692. The fourth-order valence-corrected chi connectivity index (χ4v) is 4.05. The zero-order valence-corrected chi connectivity index (χ0v) is 13.3. The van der Waals surface area contributed by atoms with Crippen molar-refractivity contribution in [3.63, 3.8) is 0 Å². The Hall–Kier alpha value is -1.75. The van der Waals surface area contributed by atoms with Gasteiger partial charge in [-0.3, -0.25) is 0 Å². The highest BCUT2D eigenvalue weighted by atomic mass is 32.2. The SMILES string of the molecule is Cc1ccc2c(CS(=O)(=O)NCS(N)(=O)=O)ccc(O)c2n1. The van der Waals surface area contributed by atoms with Gasteiger partial charge in [0.05, 0.1) is 5.75 Å². The van der Waals surface area contributed by atoms with E-state index in [1.165, 1.54) is 12.1 Å². The van der Waals surface area contributed by atoms with E-state index in [1.54, 1.807) is 19.1 Å². The Bertz CT molecular complexity index is 923. The van der Waals surface area contributed by atoms with Crippen molar-refractivity contribution in [1.82, 2.24) is 9.71 Å². The summed E-state index contributed by atoms with van der Waals surface area (Å²) >= 11 is 0. The minimum atomic E-state index is -3.95. The molecule has 120 valence electrons. The zero-order valence-electron chi connectivity index (χ0n) is 11.6. The number of hydrogen-bond acceptors (Lipinski definition) is 6. The zero-order chi connectivity index (χ0) is 16.5. The maximum absolute atomic E-state index is 11.9. The molecule has 10 heteroatoms. The Morgan fingerprint density at radius 3 is 2.50 bits per heavy atom. The number of phenols is 1. The first-order valence-corrected chi connectivity index (χ1v) is 9.50. The van der Waals surface area contributed by atoms with Crippen LogP contribution in [0.15, 0.2) is 24.3 Å². The predicted molar refractivity (Wildman–Crippen MR) is 81.9 cm³/mol. The molecule has 2 aromatic rings. The van der Waals surface area contributed by atoms with Crippen LogP contribution < -0.4 is 9.86 Å². The Labute approximate surface area is 128 Å². The van der Waals surface area contributed by atoms with Gasteiger partial charge in [0.15, 0.2) is 0 Å². The topological polar surface area (TPSA) is 139 Å². The largest absolute Gasteiger partial charge is 0.506 e. The molecule has 22 heavy (non-hydrogen) atoms. The number of rotatable bonds is 5. The van der Waals surface area contributed by atoms with E-state index in [2.05, 4.69) is 4.98 Å². The average Bonchev–Trinajstić information content (AvgIpc) is 2.39. The van der Waals surface area contributed by atoms with Crippen molar-refractivity contribution < 1.29 is 21.9 Å². The number of benzene rings is 1. The number of aromatic hydroxyl groups is 1. The van der Waals surface area contributed by atoms with Crippen LogP contribution in [0.5, 0.6) is 5.75 Å². The van der Waals surface area contributed by atoms with Crippen molar-refractivity contribution in [2.75, 3.05) is 5.88 Å². The molecule has 2 rings (SSSR count). The third kappa shape index (κ3) is 4.13. The predicted octanol–water partition coefficient (Wildman–Crippen LogP) is -0.0858. The summed E-state index contributed by atoms with van der Waals surface area (Å²) in [5, 5.41) is 15.0. The average molecular weight is 345 g/mol. The van der Waals surface area contributed by atoms with Gasteiger partial charge >= 0.3 is 0 Å². The third-order valence-electron chi connectivity index (χ3n) is 2.89. The maximum atomic E-state index is 11.9. The van der Waals surface area contributed by atoms with Crippen molar-refractivity contribution in [3.8, 4) is 5.75 Å². The van der Waals surface area contributed by atoms with Gasteiger partial charge in [0.2, 0.25) is 20.0 Å². The second kappa shape index (κ2) is 5.80. The van der Waals surface area contributed by atoms with E-state index < -0.39 is 31.7 Å². The molecule has 0 amide bonds. The first-order chi connectivity index (χ1) is 10.1. The van der Waals surface area contributed by atoms with E-state index >= 15 is 0 Å². The third-order valence-corrected chi connectivity index (χ3v) is 4.90. The van der Waals surface area contributed by atoms with Gasteiger partial charge in [0, 0.05) is 11.1 Å². The molecular formula is C12H15N3O5S2. The van der Waals surface area contributed by atoms with Crippen molar-refractivity contribution in [2.24, 2.45) is 5.14 Å². The molecule has 0 aliphatic rings. The number of nitrogens with one attached hydrogen (secondary N) is 1. The molecule has 0 unspecified atom stereocenters. The lowest BCUT2D eigenvalue weighted by atomic mass is 10.1. The Morgan fingerprint density at radius 1 is 1.18 bits per heavy atom. The lowest BCUT2D eigenvalue weighted by Gasteiger charge is -2.10. The summed E-state index contributed by atoms with van der Waals surface area (Å²) in [6, 6.07) is 6.14. The van der Waals surface area contributed by atoms with Crippen LogP contribution in [0.1, 0.15) is 11.3 Å². The van der Waals surface area contributed by atoms with Gasteiger partial charge < -0.3 is 5.11 Å². The first-order valence-electron chi connectivity index (χ1n) is 6.13. The molecule has 8 nitrogen and oxygen atoms in total. The van der Waals surface area contributed by atoms with Crippen LogP contribution in [0.3, 0.4) is 0 Å². The van der Waals surface area contributed by atoms with Gasteiger partial charge in [0.25, 0.3) is 0 Å². The van der Waals surface area contributed by atoms with Crippen LogP contribution in [0.2, 0.25) is 0 Å². The molecule has 0 spiro atoms. The Balaban J connectivity index is 2.38. The van der Waals surface area contributed by atoms with Gasteiger partial charge in [-0.25, -0.2) is 27.0 Å². The summed E-state index contributed by atoms with van der Waals surface area (Å²) in [5.41, 5.74) is 1.36. The molecule has 0 bridgehead atoms. The summed E-state index contributed by atoms with van der Waals surface area (Å²) < 4.78 is 47.4. The smallest absolute Gasteiger partial charge is 0.223 e. The maximum Gasteiger partial charge on any atom is 0.223 e. The number of aryl methyl sites for hydroxylation is 1. The van der Waals surface area contributed by atoms with E-state index in [9.17, 15) is 21.9 Å². The Morgan fingerprint density at radius 2 is 1.86 bits per heavy atom. The highest BCUT2D eigenvalue weighted by Gasteiger charge is 2.17. The van der Waals surface area contributed by atoms with E-state index in [1.807, 2.05) is 4.72 Å². The van der Waals surface area contributed by atoms with Crippen molar-refractivity contribution in [3.05, 3.63) is 35.5 Å². The minimum Gasteiger partial charge on any atom is -0.506 e. The number of nitrogens with two attached hydrogens (primary N) is 1. The van der Waals surface area contributed by atoms with Gasteiger partial charge in [-0.2, -0.15) is 4.72 Å². The van der Waals surface area contributed by atoms with Gasteiger partial charge in [-0.15, -0.1) is 0 Å². The minimum absolute atomic E-state index is 0.0580. The fraction of sp³-hybridized carbons (Fsp3) is 0.250. The van der Waals surface area contributed by atoms with Crippen molar-refractivity contribution >= 4 is 30.9 Å². The first kappa shape index (κ1) is 16.6. The molecule has 0 fully saturated rings. The highest BCUT2D eigenvalue weighted by Crippen LogP contribution is 2.27. The van der Waals surface area contributed by atoms with Crippen LogP contribution in [0.4, 0.5) is 0 Å². The number of primary sulfonamides is 1. The fourth-order valence-electron chi connectivity index (χ4n) is 1.91. The number of phenolic OH excluding ortho intramolecular Hbond substituents is 1. The Kier molecular flexibility index (Phi) is 4.38. The number of sulfonamides is 2. The number of hydrogen-bond donors (Lipinski definition) is 3. The van der Waals surface area contributed by atoms with E-state index in [0.717, 1.165) is 0 Å². The van der Waals surface area contributed by atoms with Crippen LogP contribution in [0, 0.1) is 6.92 Å². The van der Waals surface area contributed by atoms with Gasteiger partial charge in [-0.1, -0.05) is 12.1 Å². The van der Waals surface area contributed by atoms with Crippen LogP contribution >= 0.6 is 0 Å². The molecule has 0 saturated carbocycles. The number of aromatic nitrogens is 1. The van der Waals surface area contributed by atoms with Crippen molar-refractivity contribution in [1.29, 1.82) is 0 Å². The summed E-state index contributed by atoms with van der Waals surface area (Å²) in [6.45, 7) is 1.75. The lowest BCUT2D eigenvalue weighted by Crippen LogP contribution is -2.34. The molecule has 0 aliphatic carbocycles. The molecule has 0 aliphatic heterocycles. The molecule has 0 saturated heterocycles. The van der Waals surface area contributed by atoms with Crippen LogP contribution in [-0.4, -0.2) is 32.8 Å². The summed E-state index contributed by atoms with van der Waals surface area (Å²) in [6.07, 6.45) is 0. The number of nitrogens with zero attached hydrogens (tertiary/aromatic N) is 1. The van der Waals surface area contributed by atoms with E-state index in [0.29, 0.717) is 22.2 Å². The lowest BCUT2D eigenvalue weighted by molar-refractivity contribution is 0.480. The van der Waals surface area contributed by atoms with Crippen LogP contribution in [-0.2, 0) is 25.8 Å². The summed E-state index contributed by atoms with van der Waals surface area (Å²) in [7, 11) is -7.85. The van der Waals surface area contributed by atoms with Gasteiger partial charge in [-0.05, 0) is 24.6 Å². The molecule has 1 aromatic carbocycles. The molecule has 1 heterocycles. The van der Waals surface area contributed by atoms with E-state index in [4.69, 9.17) is 5.14 Å². The second-order valence-corrected chi connectivity index (χ2v) is 8.22. The monoisotopic (exact) mass is 345 g/mol. The van der Waals surface area contributed by atoms with E-state index in [-0.39, 0.29) is 5.75 Å². The number of fused-ring (bicyclic) bond motifs is 1.